The van der Waals surface area contributed by atoms with Crippen LogP contribution in [0, 0.1) is 5.92 Å². The number of nitrogens with zero attached hydrogens (tertiary/aromatic N) is 2. The van der Waals surface area contributed by atoms with Crippen molar-refractivity contribution < 1.29 is 14.3 Å². The second-order valence-corrected chi connectivity index (χ2v) is 10.2. The van der Waals surface area contributed by atoms with Crippen molar-refractivity contribution in [1.82, 2.24) is 20.8 Å². The number of rotatable bonds is 7. The first kappa shape index (κ1) is 26.6. The zero-order chi connectivity index (χ0) is 25.8. The Kier molecular flexibility index (Phi) is 8.48. The molecule has 3 aromatic rings. The number of hydrogen-bond donors (Lipinski definition) is 2. The van der Waals surface area contributed by atoms with E-state index in [0.717, 1.165) is 0 Å². The van der Waals surface area contributed by atoms with Crippen LogP contribution in [0.15, 0.2) is 48.5 Å². The molecule has 0 saturated heterocycles. The molecular weight excluding hydrogens is 487 g/mol. The molecule has 1 aromatic heterocycles. The Morgan fingerprint density at radius 1 is 0.857 bits per heavy atom. The number of hydrazine groups is 1. The van der Waals surface area contributed by atoms with Gasteiger partial charge < -0.3 is 4.74 Å². The van der Waals surface area contributed by atoms with Crippen molar-refractivity contribution >= 4 is 35.1 Å². The Balaban J connectivity index is 2.22. The SMILES string of the molecule is CC(C)CNNC(=O)c1nc(-c2ccc(Cl)cc2)c(-c2ccc(Cl)cc2)nc1C(=O)OC(C)(C)C. The Bertz CT molecular complexity index is 1210. The first-order chi connectivity index (χ1) is 16.4. The maximum Gasteiger partial charge on any atom is 0.359 e. The average Bonchev–Trinajstić information content (AvgIpc) is 2.78. The smallest absolute Gasteiger partial charge is 0.359 e. The minimum absolute atomic E-state index is 0.154. The monoisotopic (exact) mass is 514 g/mol. The molecule has 0 aliphatic carbocycles. The van der Waals surface area contributed by atoms with Crippen molar-refractivity contribution in [2.45, 2.75) is 40.2 Å². The van der Waals surface area contributed by atoms with Crippen LogP contribution >= 0.6 is 23.2 Å². The Morgan fingerprint density at radius 3 is 1.74 bits per heavy atom. The van der Waals surface area contributed by atoms with E-state index in [2.05, 4.69) is 20.8 Å². The van der Waals surface area contributed by atoms with Gasteiger partial charge in [0.05, 0.1) is 11.4 Å². The number of carbonyl (C=O) groups excluding carboxylic acids is 2. The van der Waals surface area contributed by atoms with Crippen LogP contribution in [-0.2, 0) is 4.74 Å². The van der Waals surface area contributed by atoms with E-state index in [9.17, 15) is 9.59 Å². The van der Waals surface area contributed by atoms with E-state index < -0.39 is 17.5 Å². The predicted octanol–water partition coefficient (Wildman–Crippen LogP) is 5.96. The van der Waals surface area contributed by atoms with E-state index in [-0.39, 0.29) is 11.4 Å². The molecule has 2 N–H and O–H groups in total. The van der Waals surface area contributed by atoms with Crippen molar-refractivity contribution in [2.75, 3.05) is 6.54 Å². The molecule has 0 unspecified atom stereocenters. The Hall–Kier alpha value is -3.00. The van der Waals surface area contributed by atoms with Gasteiger partial charge in [0.1, 0.15) is 5.60 Å². The number of halogens is 2. The van der Waals surface area contributed by atoms with Gasteiger partial charge in [-0.15, -0.1) is 0 Å². The van der Waals surface area contributed by atoms with Gasteiger partial charge in [-0.3, -0.25) is 10.2 Å². The lowest BCUT2D eigenvalue weighted by Gasteiger charge is -2.21. The van der Waals surface area contributed by atoms with Crippen LogP contribution in [0.2, 0.25) is 10.0 Å². The van der Waals surface area contributed by atoms with Crippen molar-refractivity contribution in [3.8, 4) is 22.5 Å². The van der Waals surface area contributed by atoms with Gasteiger partial charge in [0.15, 0.2) is 11.4 Å². The summed E-state index contributed by atoms with van der Waals surface area (Å²) >= 11 is 12.2. The van der Waals surface area contributed by atoms with E-state index in [1.165, 1.54) is 0 Å². The molecule has 0 fully saturated rings. The summed E-state index contributed by atoms with van der Waals surface area (Å²) in [6.07, 6.45) is 0. The molecule has 0 bridgehead atoms. The molecule has 1 heterocycles. The number of nitrogens with one attached hydrogen (secondary N) is 2. The standard InChI is InChI=1S/C26H28Cl2N4O3/c1-15(2)14-29-32-24(33)22-23(25(34)35-26(3,4)5)31-21(17-8-12-19(28)13-9-17)20(30-22)16-6-10-18(27)11-7-16/h6-13,15,29H,14H2,1-5H3,(H,32,33). The third kappa shape index (κ3) is 7.24. The lowest BCUT2D eigenvalue weighted by molar-refractivity contribution is 0.00601. The van der Waals surface area contributed by atoms with E-state index in [1.807, 2.05) is 13.8 Å². The molecule has 184 valence electrons. The molecule has 3 rings (SSSR count). The number of benzene rings is 2. The second kappa shape index (κ2) is 11.2. The normalized spacial score (nSPS) is 11.4. The summed E-state index contributed by atoms with van der Waals surface area (Å²) in [5.74, 6) is -1.06. The van der Waals surface area contributed by atoms with Gasteiger partial charge in [0.25, 0.3) is 5.91 Å². The van der Waals surface area contributed by atoms with Gasteiger partial charge in [-0.05, 0) is 51.0 Å². The molecular formula is C26H28Cl2N4O3. The number of carbonyl (C=O) groups is 2. The first-order valence-corrected chi connectivity index (χ1v) is 11.9. The van der Waals surface area contributed by atoms with Gasteiger partial charge in [-0.2, -0.15) is 0 Å². The topological polar surface area (TPSA) is 93.2 Å². The molecule has 35 heavy (non-hydrogen) atoms. The number of amides is 1. The lowest BCUT2D eigenvalue weighted by Crippen LogP contribution is -2.41. The minimum Gasteiger partial charge on any atom is -0.455 e. The molecule has 0 spiro atoms. The summed E-state index contributed by atoms with van der Waals surface area (Å²) in [5.41, 5.74) is 6.48. The van der Waals surface area contributed by atoms with Crippen LogP contribution in [0.25, 0.3) is 22.5 Å². The molecule has 9 heteroatoms. The van der Waals surface area contributed by atoms with Gasteiger partial charge in [0, 0.05) is 27.7 Å². The summed E-state index contributed by atoms with van der Waals surface area (Å²) in [7, 11) is 0. The predicted molar refractivity (Wildman–Crippen MR) is 138 cm³/mol. The number of esters is 1. The molecule has 0 radical (unpaired) electrons. The van der Waals surface area contributed by atoms with E-state index in [4.69, 9.17) is 27.9 Å². The zero-order valence-electron chi connectivity index (χ0n) is 20.3. The van der Waals surface area contributed by atoms with Crippen LogP contribution in [0.4, 0.5) is 0 Å². The quantitative estimate of drug-likeness (QED) is 0.298. The Labute approximate surface area is 215 Å². The molecule has 0 aliphatic heterocycles. The van der Waals surface area contributed by atoms with Gasteiger partial charge in [0.2, 0.25) is 0 Å². The largest absolute Gasteiger partial charge is 0.455 e. The molecule has 0 saturated carbocycles. The summed E-state index contributed by atoms with van der Waals surface area (Å²) in [6.45, 7) is 9.77. The third-order valence-corrected chi connectivity index (χ3v) is 5.15. The zero-order valence-corrected chi connectivity index (χ0v) is 21.8. The highest BCUT2D eigenvalue weighted by Crippen LogP contribution is 2.32. The van der Waals surface area contributed by atoms with E-state index >= 15 is 0 Å². The number of aromatic nitrogens is 2. The summed E-state index contributed by atoms with van der Waals surface area (Å²) in [4.78, 5) is 35.5. The summed E-state index contributed by atoms with van der Waals surface area (Å²) in [5, 5.41) is 1.10. The third-order valence-electron chi connectivity index (χ3n) is 4.65. The fourth-order valence-electron chi connectivity index (χ4n) is 3.08. The van der Waals surface area contributed by atoms with Gasteiger partial charge in [-0.1, -0.05) is 61.3 Å². The maximum absolute atomic E-state index is 13.1. The van der Waals surface area contributed by atoms with Gasteiger partial charge in [-0.25, -0.2) is 20.2 Å². The van der Waals surface area contributed by atoms with Crippen molar-refractivity contribution in [1.29, 1.82) is 0 Å². The lowest BCUT2D eigenvalue weighted by atomic mass is 10.0. The highest BCUT2D eigenvalue weighted by molar-refractivity contribution is 6.31. The average molecular weight is 515 g/mol. The van der Waals surface area contributed by atoms with E-state index in [1.54, 1.807) is 69.3 Å². The highest BCUT2D eigenvalue weighted by Gasteiger charge is 2.29. The minimum atomic E-state index is -0.794. The van der Waals surface area contributed by atoms with Crippen LogP contribution < -0.4 is 10.9 Å². The fraction of sp³-hybridized carbons (Fsp3) is 0.308. The number of ether oxygens (including phenoxy) is 1. The summed E-state index contributed by atoms with van der Waals surface area (Å²) < 4.78 is 5.55. The highest BCUT2D eigenvalue weighted by atomic mass is 35.5. The first-order valence-electron chi connectivity index (χ1n) is 11.1. The van der Waals surface area contributed by atoms with Crippen LogP contribution in [0.5, 0.6) is 0 Å². The van der Waals surface area contributed by atoms with Crippen LogP contribution in [-0.4, -0.2) is 34.0 Å². The molecule has 2 aromatic carbocycles. The molecule has 0 aliphatic rings. The molecule has 0 atom stereocenters. The van der Waals surface area contributed by atoms with Gasteiger partial charge >= 0.3 is 5.97 Å². The maximum atomic E-state index is 13.1. The van der Waals surface area contributed by atoms with Crippen LogP contribution in [0.3, 0.4) is 0 Å². The van der Waals surface area contributed by atoms with Crippen molar-refractivity contribution in [3.05, 3.63) is 70.0 Å². The Morgan fingerprint density at radius 2 is 1.31 bits per heavy atom. The fourth-order valence-corrected chi connectivity index (χ4v) is 3.33. The summed E-state index contributed by atoms with van der Waals surface area (Å²) in [6, 6.07) is 14.0. The van der Waals surface area contributed by atoms with E-state index in [0.29, 0.717) is 45.0 Å². The second-order valence-electron chi connectivity index (χ2n) is 9.36. The molecule has 7 nitrogen and oxygen atoms in total. The van der Waals surface area contributed by atoms with Crippen LogP contribution in [0.1, 0.15) is 55.6 Å². The van der Waals surface area contributed by atoms with Crippen molar-refractivity contribution in [3.63, 3.8) is 0 Å². The molecule has 1 amide bonds. The number of hydrogen-bond acceptors (Lipinski definition) is 6. The van der Waals surface area contributed by atoms with Crippen molar-refractivity contribution in [2.24, 2.45) is 5.92 Å².